The van der Waals surface area contributed by atoms with E-state index in [1.54, 1.807) is 6.92 Å². The minimum absolute atomic E-state index is 0.0543. The van der Waals surface area contributed by atoms with E-state index < -0.39 is 23.2 Å². The molecular formula is C27H32N2O6. The fourth-order valence-corrected chi connectivity index (χ4v) is 5.23. The molecule has 0 saturated carbocycles. The van der Waals surface area contributed by atoms with E-state index >= 15 is 0 Å². The summed E-state index contributed by atoms with van der Waals surface area (Å²) in [6, 6.07) is 16.1. The summed E-state index contributed by atoms with van der Waals surface area (Å²) in [6.45, 7) is 3.94. The van der Waals surface area contributed by atoms with Gasteiger partial charge in [-0.05, 0) is 35.6 Å². The number of carbonyl (C=O) groups is 3. The van der Waals surface area contributed by atoms with Crippen molar-refractivity contribution >= 4 is 18.0 Å². The van der Waals surface area contributed by atoms with Gasteiger partial charge in [0.05, 0.1) is 0 Å². The summed E-state index contributed by atoms with van der Waals surface area (Å²) in [6.07, 6.45) is 0.270. The van der Waals surface area contributed by atoms with Gasteiger partial charge in [-0.2, -0.15) is 0 Å². The van der Waals surface area contributed by atoms with Crippen LogP contribution in [0.25, 0.3) is 11.1 Å². The zero-order valence-corrected chi connectivity index (χ0v) is 20.1. The molecule has 2 aliphatic rings. The summed E-state index contributed by atoms with van der Waals surface area (Å²) >= 11 is 0. The molecular weight excluding hydrogens is 448 g/mol. The number of carboxylic acid groups (broad SMARTS) is 1. The smallest absolute Gasteiger partial charge is 0.408 e. The summed E-state index contributed by atoms with van der Waals surface area (Å²) in [5, 5.41) is 22.2. The molecule has 0 radical (unpaired) electrons. The molecule has 1 saturated heterocycles. The highest BCUT2D eigenvalue weighted by molar-refractivity contribution is 5.90. The average Bonchev–Trinajstić information content (AvgIpc) is 3.16. The standard InChI is InChI=1S/C27H32N2O6/c1-3-12-26(2,23(30)29-15-13-27(34,14-16-29)24(31)32)28-25(33)35-17-22-20-10-6-4-8-18(20)19-9-5-7-11-21(19)22/h4-11,22,34H,3,12-17H2,1-2H3,(H,28,33)(H,31,32). The number of carboxylic acids is 1. The van der Waals surface area contributed by atoms with E-state index in [4.69, 9.17) is 4.74 Å². The maximum atomic E-state index is 13.3. The van der Waals surface area contributed by atoms with Crippen LogP contribution in [0.1, 0.15) is 56.6 Å². The lowest BCUT2D eigenvalue weighted by atomic mass is 9.88. The lowest BCUT2D eigenvalue weighted by Gasteiger charge is -2.40. The van der Waals surface area contributed by atoms with Crippen molar-refractivity contribution in [3.05, 3.63) is 59.7 Å². The topological polar surface area (TPSA) is 116 Å². The molecule has 8 heteroatoms. The first-order valence-electron chi connectivity index (χ1n) is 12.1. The van der Waals surface area contributed by atoms with Crippen molar-refractivity contribution in [3.8, 4) is 11.1 Å². The van der Waals surface area contributed by atoms with Gasteiger partial charge < -0.3 is 25.2 Å². The Labute approximate surface area is 204 Å². The number of fused-ring (bicyclic) bond motifs is 3. The number of hydrogen-bond acceptors (Lipinski definition) is 5. The number of hydrogen-bond donors (Lipinski definition) is 3. The Kier molecular flexibility index (Phi) is 6.85. The van der Waals surface area contributed by atoms with Gasteiger partial charge in [-0.15, -0.1) is 0 Å². The molecule has 3 N–H and O–H groups in total. The van der Waals surface area contributed by atoms with Gasteiger partial charge in [-0.1, -0.05) is 61.9 Å². The number of benzene rings is 2. The van der Waals surface area contributed by atoms with Crippen molar-refractivity contribution in [2.24, 2.45) is 0 Å². The van der Waals surface area contributed by atoms with Gasteiger partial charge in [0.15, 0.2) is 5.60 Å². The van der Waals surface area contributed by atoms with Crippen LogP contribution in [0.5, 0.6) is 0 Å². The molecule has 2 aromatic rings. The molecule has 1 heterocycles. The molecule has 0 aromatic heterocycles. The number of likely N-dealkylation sites (tertiary alicyclic amines) is 1. The molecule has 186 valence electrons. The van der Waals surface area contributed by atoms with Crippen LogP contribution in [0.4, 0.5) is 4.79 Å². The van der Waals surface area contributed by atoms with Gasteiger partial charge >= 0.3 is 12.1 Å². The quantitative estimate of drug-likeness (QED) is 0.558. The second-order valence-electron chi connectivity index (χ2n) is 9.66. The van der Waals surface area contributed by atoms with E-state index in [0.717, 1.165) is 22.3 Å². The summed E-state index contributed by atoms with van der Waals surface area (Å²) in [4.78, 5) is 39.0. The van der Waals surface area contributed by atoms with Crippen LogP contribution < -0.4 is 5.32 Å². The predicted octanol–water partition coefficient (Wildman–Crippen LogP) is 3.52. The summed E-state index contributed by atoms with van der Waals surface area (Å²) in [7, 11) is 0. The second kappa shape index (κ2) is 9.70. The highest BCUT2D eigenvalue weighted by Gasteiger charge is 2.44. The fraction of sp³-hybridized carbons (Fsp3) is 0.444. The van der Waals surface area contributed by atoms with E-state index in [-0.39, 0.29) is 44.4 Å². The molecule has 1 aliphatic heterocycles. The summed E-state index contributed by atoms with van der Waals surface area (Å²) < 4.78 is 5.65. The van der Waals surface area contributed by atoms with Crippen LogP contribution in [0, 0.1) is 0 Å². The third-order valence-electron chi connectivity index (χ3n) is 7.22. The maximum absolute atomic E-state index is 13.3. The van der Waals surface area contributed by atoms with Crippen molar-refractivity contribution in [2.75, 3.05) is 19.7 Å². The summed E-state index contributed by atoms with van der Waals surface area (Å²) in [5.41, 5.74) is 1.46. The number of carbonyl (C=O) groups excluding carboxylic acids is 2. The molecule has 2 aromatic carbocycles. The molecule has 8 nitrogen and oxygen atoms in total. The third kappa shape index (κ3) is 4.75. The SMILES string of the molecule is CCCC(C)(NC(=O)OCC1c2ccccc2-c2ccccc21)C(=O)N1CCC(O)(C(=O)O)CC1. The number of alkyl carbamates (subject to hydrolysis) is 1. The first-order chi connectivity index (χ1) is 16.7. The van der Waals surface area contributed by atoms with Gasteiger partial charge in [0, 0.05) is 31.8 Å². The van der Waals surface area contributed by atoms with Crippen molar-refractivity contribution in [2.45, 2.75) is 56.6 Å². The van der Waals surface area contributed by atoms with Crippen LogP contribution in [0.2, 0.25) is 0 Å². The largest absolute Gasteiger partial charge is 0.479 e. The molecule has 1 aliphatic carbocycles. The number of aliphatic carboxylic acids is 1. The van der Waals surface area contributed by atoms with Gasteiger partial charge in [0.25, 0.3) is 0 Å². The monoisotopic (exact) mass is 480 g/mol. The van der Waals surface area contributed by atoms with Gasteiger partial charge in [0.2, 0.25) is 5.91 Å². The predicted molar refractivity (Wildman–Crippen MR) is 130 cm³/mol. The van der Waals surface area contributed by atoms with E-state index in [2.05, 4.69) is 17.4 Å². The summed E-state index contributed by atoms with van der Waals surface area (Å²) in [5.74, 6) is -1.67. The number of ether oxygens (including phenoxy) is 1. The van der Waals surface area contributed by atoms with Gasteiger partial charge in [-0.25, -0.2) is 9.59 Å². The average molecular weight is 481 g/mol. The Morgan fingerprint density at radius 2 is 1.60 bits per heavy atom. The molecule has 2 amide bonds. The number of rotatable bonds is 7. The number of amides is 2. The molecule has 1 fully saturated rings. The minimum atomic E-state index is -1.82. The van der Waals surface area contributed by atoms with Crippen LogP contribution in [-0.2, 0) is 14.3 Å². The van der Waals surface area contributed by atoms with Crippen LogP contribution in [-0.4, -0.2) is 63.9 Å². The highest BCUT2D eigenvalue weighted by atomic mass is 16.5. The second-order valence-corrected chi connectivity index (χ2v) is 9.66. The highest BCUT2D eigenvalue weighted by Crippen LogP contribution is 2.44. The first kappa shape index (κ1) is 24.7. The molecule has 0 spiro atoms. The Hall–Kier alpha value is -3.39. The Bertz CT molecular complexity index is 1080. The number of aliphatic hydroxyl groups is 1. The third-order valence-corrected chi connectivity index (χ3v) is 7.22. The molecule has 35 heavy (non-hydrogen) atoms. The zero-order chi connectivity index (χ0) is 25.2. The van der Waals surface area contributed by atoms with Crippen LogP contribution >= 0.6 is 0 Å². The van der Waals surface area contributed by atoms with Crippen molar-refractivity contribution in [3.63, 3.8) is 0 Å². The van der Waals surface area contributed by atoms with Crippen LogP contribution in [0.15, 0.2) is 48.5 Å². The van der Waals surface area contributed by atoms with Crippen molar-refractivity contribution in [1.29, 1.82) is 0 Å². The minimum Gasteiger partial charge on any atom is -0.479 e. The van der Waals surface area contributed by atoms with E-state index in [1.165, 1.54) is 4.90 Å². The van der Waals surface area contributed by atoms with Gasteiger partial charge in [-0.3, -0.25) is 4.79 Å². The Morgan fingerprint density at radius 1 is 1.06 bits per heavy atom. The number of nitrogens with one attached hydrogen (secondary N) is 1. The van der Waals surface area contributed by atoms with E-state index in [1.807, 2.05) is 43.3 Å². The normalized spacial score (nSPS) is 18.2. The number of piperidine rings is 1. The lowest BCUT2D eigenvalue weighted by Crippen LogP contribution is -2.61. The molecule has 1 unspecified atom stereocenters. The van der Waals surface area contributed by atoms with Gasteiger partial charge in [0.1, 0.15) is 12.1 Å². The van der Waals surface area contributed by atoms with Crippen molar-refractivity contribution < 1.29 is 29.3 Å². The molecule has 0 bridgehead atoms. The van der Waals surface area contributed by atoms with Crippen molar-refractivity contribution in [1.82, 2.24) is 10.2 Å². The Morgan fingerprint density at radius 3 is 2.11 bits per heavy atom. The number of nitrogens with zero attached hydrogens (tertiary/aromatic N) is 1. The fourth-order valence-electron chi connectivity index (χ4n) is 5.23. The lowest BCUT2D eigenvalue weighted by molar-refractivity contribution is -0.166. The van der Waals surface area contributed by atoms with E-state index in [0.29, 0.717) is 12.8 Å². The van der Waals surface area contributed by atoms with Crippen LogP contribution in [0.3, 0.4) is 0 Å². The maximum Gasteiger partial charge on any atom is 0.408 e. The van der Waals surface area contributed by atoms with E-state index in [9.17, 15) is 24.6 Å². The molecule has 1 atom stereocenters. The first-order valence-corrected chi connectivity index (χ1v) is 12.1. The molecule has 4 rings (SSSR count). The zero-order valence-electron chi connectivity index (χ0n) is 20.1. The Balaban J connectivity index is 1.42.